The van der Waals surface area contributed by atoms with E-state index in [-0.39, 0.29) is 5.59 Å². The van der Waals surface area contributed by atoms with Crippen LogP contribution < -0.4 is 10.9 Å². The van der Waals surface area contributed by atoms with Gasteiger partial charge < -0.3 is 35.7 Å². The number of hydrogen-bond acceptors (Lipinski definition) is 7. The van der Waals surface area contributed by atoms with Gasteiger partial charge in [0.2, 0.25) is 0 Å². The maximum Gasteiger partial charge on any atom is 0.361 e. The number of amides is 2. The summed E-state index contributed by atoms with van der Waals surface area (Å²) in [4.78, 5) is 11.4. The first-order valence-corrected chi connectivity index (χ1v) is 5.21. The van der Waals surface area contributed by atoms with Crippen LogP contribution in [0.1, 0.15) is 0 Å². The second kappa shape index (κ2) is 6.24. The van der Waals surface area contributed by atoms with Gasteiger partial charge in [-0.1, -0.05) is 0 Å². The van der Waals surface area contributed by atoms with E-state index in [0.717, 1.165) is 0 Å². The van der Waals surface area contributed by atoms with E-state index < -0.39 is 43.3 Å². The molecule has 10 nitrogen and oxygen atoms in total. The fourth-order valence-corrected chi connectivity index (χ4v) is 1.55. The molecule has 1 aliphatic rings. The predicted molar refractivity (Wildman–Crippen MR) is 55.4 cm³/mol. The minimum Gasteiger partial charge on any atom is -0.609 e. The second-order valence-corrected chi connectivity index (χ2v) is 3.92. The number of nitrogens with one attached hydrogen (secondary N) is 1. The van der Waals surface area contributed by atoms with Crippen LogP contribution in [0.4, 0.5) is 4.79 Å². The van der Waals surface area contributed by atoms with Crippen molar-refractivity contribution in [2.24, 2.45) is 0 Å². The molecule has 18 heavy (non-hydrogen) atoms. The van der Waals surface area contributed by atoms with Crippen molar-refractivity contribution < 1.29 is 35.5 Å². The first-order chi connectivity index (χ1) is 8.42. The van der Waals surface area contributed by atoms with Crippen molar-refractivity contribution in [1.82, 2.24) is 10.3 Å². The fourth-order valence-electron chi connectivity index (χ4n) is 1.55. The molecule has 7 N–H and O–H groups in total. The van der Waals surface area contributed by atoms with Crippen LogP contribution in [0.5, 0.6) is 0 Å². The van der Waals surface area contributed by atoms with Gasteiger partial charge in [-0.15, -0.1) is 0 Å². The fraction of sp³-hybridized carbons (Fsp3) is 0.875. The first-order valence-electron chi connectivity index (χ1n) is 5.21. The monoisotopic (exact) mass is 267 g/mol. The first kappa shape index (κ1) is 15.0. The van der Waals surface area contributed by atoms with Crippen LogP contribution in [-0.4, -0.2) is 75.8 Å². The molecular formula is C8H17N3O7. The molecule has 0 bridgehead atoms. The molecule has 0 aromatic carbocycles. The topological polar surface area (TPSA) is 162 Å². The number of aliphatic hydroxyl groups excluding tert-OH is 4. The number of nitrogens with zero attached hydrogens (tertiary/aromatic N) is 1. The maximum absolute atomic E-state index is 11.4. The zero-order valence-electron chi connectivity index (χ0n) is 9.63. The number of hydrogen-bond donors (Lipinski definition) is 6. The Morgan fingerprint density at radius 2 is 2.06 bits per heavy atom. The Labute approximate surface area is 102 Å². The van der Waals surface area contributed by atoms with Gasteiger partial charge in [0.25, 0.3) is 0 Å². The Bertz CT molecular complexity index is 292. The zero-order valence-corrected chi connectivity index (χ0v) is 9.63. The van der Waals surface area contributed by atoms with Gasteiger partial charge in [0.1, 0.15) is 24.4 Å². The van der Waals surface area contributed by atoms with Crippen molar-refractivity contribution in [3.8, 4) is 0 Å². The summed E-state index contributed by atoms with van der Waals surface area (Å²) in [6.07, 6.45) is -5.75. The molecule has 1 aliphatic heterocycles. The molecule has 1 fully saturated rings. The second-order valence-electron chi connectivity index (χ2n) is 3.92. The standard InChI is InChI=1S/C8H17N3O7/c1-11(10-17)8(16)9-4-6(14)5(13)3(2-12)18-7(4)15/h3-7,12-15H,2,10H2,1H3,(H,9,16)/t3-,4-,5-,6-,7?/m1/s1. The summed E-state index contributed by atoms with van der Waals surface area (Å²) in [6.45, 7) is -0.593. The van der Waals surface area contributed by atoms with Gasteiger partial charge >= 0.3 is 6.03 Å². The SMILES string of the molecule is CN([NH2+][O-])C(=O)N[C@H]1C(O)O[C@H](CO)[C@@H](O)[C@@H]1O. The average Bonchev–Trinajstić information content (AvgIpc) is 2.37. The van der Waals surface area contributed by atoms with Crippen molar-refractivity contribution >= 4 is 6.03 Å². The highest BCUT2D eigenvalue weighted by atomic mass is 16.6. The zero-order chi connectivity index (χ0) is 13.9. The van der Waals surface area contributed by atoms with Crippen molar-refractivity contribution in [3.05, 3.63) is 5.21 Å². The Hall–Kier alpha value is -1.01. The highest BCUT2D eigenvalue weighted by Crippen LogP contribution is 2.19. The lowest BCUT2D eigenvalue weighted by Gasteiger charge is -2.40. The molecule has 1 unspecified atom stereocenters. The van der Waals surface area contributed by atoms with Crippen LogP contribution in [0, 0.1) is 5.21 Å². The van der Waals surface area contributed by atoms with Gasteiger partial charge in [0.15, 0.2) is 6.29 Å². The maximum atomic E-state index is 11.4. The Balaban J connectivity index is 2.68. The summed E-state index contributed by atoms with van der Waals surface area (Å²) in [5.74, 6) is 0. The van der Waals surface area contributed by atoms with Crippen molar-refractivity contribution in [1.29, 1.82) is 0 Å². The highest BCUT2D eigenvalue weighted by molar-refractivity contribution is 5.72. The summed E-state index contributed by atoms with van der Waals surface area (Å²) in [5.41, 5.74) is 0.241. The van der Waals surface area contributed by atoms with Crippen LogP contribution in [0.15, 0.2) is 0 Å². The van der Waals surface area contributed by atoms with E-state index in [9.17, 15) is 25.3 Å². The van der Waals surface area contributed by atoms with Crippen LogP contribution in [0.3, 0.4) is 0 Å². The third-order valence-corrected chi connectivity index (χ3v) is 2.67. The smallest absolute Gasteiger partial charge is 0.361 e. The minimum absolute atomic E-state index is 0.241. The number of aliphatic hydroxyl groups is 4. The third kappa shape index (κ3) is 3.05. The molecule has 1 rings (SSSR count). The van der Waals surface area contributed by atoms with Crippen molar-refractivity contribution in [2.75, 3.05) is 13.7 Å². The number of rotatable bonds is 3. The van der Waals surface area contributed by atoms with Gasteiger partial charge in [0, 0.05) is 0 Å². The molecule has 0 radical (unpaired) electrons. The number of carbonyl (C=O) groups excluding carboxylic acids is 1. The summed E-state index contributed by atoms with van der Waals surface area (Å²) >= 11 is 0. The van der Waals surface area contributed by atoms with E-state index in [1.807, 2.05) is 0 Å². The third-order valence-electron chi connectivity index (χ3n) is 2.67. The lowest BCUT2D eigenvalue weighted by atomic mass is 9.97. The molecular weight excluding hydrogens is 250 g/mol. The quantitative estimate of drug-likeness (QED) is 0.170. The molecule has 0 saturated carbocycles. The molecule has 10 heteroatoms. The molecule has 1 heterocycles. The van der Waals surface area contributed by atoms with Gasteiger partial charge in [0.05, 0.1) is 13.7 Å². The number of ether oxygens (including phenoxy) is 1. The minimum atomic E-state index is -1.61. The molecule has 0 aromatic rings. The molecule has 0 spiro atoms. The number of carbonyl (C=O) groups is 1. The molecule has 5 atom stereocenters. The van der Waals surface area contributed by atoms with E-state index in [1.54, 1.807) is 0 Å². The van der Waals surface area contributed by atoms with Crippen LogP contribution >= 0.6 is 0 Å². The highest BCUT2D eigenvalue weighted by Gasteiger charge is 2.44. The van der Waals surface area contributed by atoms with Gasteiger partial charge in [-0.25, -0.2) is 4.79 Å². The predicted octanol–water partition coefficient (Wildman–Crippen LogP) is -4.60. The molecule has 106 valence electrons. The molecule has 0 aliphatic carbocycles. The van der Waals surface area contributed by atoms with E-state index in [0.29, 0.717) is 5.01 Å². The van der Waals surface area contributed by atoms with Crippen LogP contribution in [0.25, 0.3) is 0 Å². The summed E-state index contributed by atoms with van der Waals surface area (Å²) < 4.78 is 4.82. The lowest BCUT2D eigenvalue weighted by Crippen LogP contribution is -2.90. The van der Waals surface area contributed by atoms with Crippen molar-refractivity contribution in [2.45, 2.75) is 30.6 Å². The largest absolute Gasteiger partial charge is 0.609 e. The van der Waals surface area contributed by atoms with E-state index >= 15 is 0 Å². The lowest BCUT2D eigenvalue weighted by molar-refractivity contribution is -0.726. The van der Waals surface area contributed by atoms with E-state index in [4.69, 9.17) is 9.84 Å². The Morgan fingerprint density at radius 1 is 1.44 bits per heavy atom. The van der Waals surface area contributed by atoms with Gasteiger partial charge in [-0.3, -0.25) is 5.59 Å². The normalized spacial score (nSPS) is 36.2. The van der Waals surface area contributed by atoms with Crippen molar-refractivity contribution in [3.63, 3.8) is 0 Å². The van der Waals surface area contributed by atoms with Crippen LogP contribution in [0.2, 0.25) is 0 Å². The van der Waals surface area contributed by atoms with E-state index in [1.165, 1.54) is 7.05 Å². The number of urea groups is 1. The summed E-state index contributed by atoms with van der Waals surface area (Å²) in [6, 6.07) is -2.18. The van der Waals surface area contributed by atoms with E-state index in [2.05, 4.69) is 5.32 Å². The van der Waals surface area contributed by atoms with Gasteiger partial charge in [-0.05, 0) is 0 Å². The van der Waals surface area contributed by atoms with Crippen LogP contribution in [-0.2, 0) is 4.74 Å². The summed E-state index contributed by atoms with van der Waals surface area (Å²) in [5, 5.41) is 50.8. The number of nitrogens with two attached hydrogens (primary N) is 1. The van der Waals surface area contributed by atoms with Gasteiger partial charge in [-0.2, -0.15) is 5.01 Å². The average molecular weight is 267 g/mol. The molecule has 1 saturated heterocycles. The molecule has 2 amide bonds. The summed E-state index contributed by atoms with van der Waals surface area (Å²) in [7, 11) is 1.18. The Kier molecular flexibility index (Phi) is 5.22. The Morgan fingerprint density at radius 3 is 2.56 bits per heavy atom. The molecule has 0 aromatic heterocycles. The number of quaternary nitrogens is 1.